The Hall–Kier alpha value is -2.32. The first-order valence-electron chi connectivity index (χ1n) is 8.16. The molecule has 146 valence electrons. The van der Waals surface area contributed by atoms with Crippen molar-refractivity contribution in [3.05, 3.63) is 63.8 Å². The Bertz CT molecular complexity index is 849. The average Bonchev–Trinajstić information content (AvgIpc) is 2.92. The number of nitrogens with zero attached hydrogens (tertiary/aromatic N) is 2. The minimum atomic E-state index is -2.56. The van der Waals surface area contributed by atoms with E-state index in [9.17, 15) is 18.3 Å². The van der Waals surface area contributed by atoms with Crippen LogP contribution in [0.4, 0.5) is 13.2 Å². The molecule has 0 saturated heterocycles. The highest BCUT2D eigenvalue weighted by Crippen LogP contribution is 2.25. The summed E-state index contributed by atoms with van der Waals surface area (Å²) < 4.78 is 39.7. The number of halogens is 4. The zero-order valence-corrected chi connectivity index (χ0v) is 15.6. The van der Waals surface area contributed by atoms with Crippen molar-refractivity contribution in [3.63, 3.8) is 0 Å². The monoisotopic (exact) mass is 400 g/mol. The van der Waals surface area contributed by atoms with Crippen molar-refractivity contribution in [2.24, 2.45) is 0 Å². The maximum atomic E-state index is 13.5. The first kappa shape index (κ1) is 21.0. The molecule has 1 atom stereocenters. The minimum absolute atomic E-state index is 0.0536. The van der Waals surface area contributed by atoms with E-state index in [1.165, 1.54) is 31.3 Å². The summed E-state index contributed by atoms with van der Waals surface area (Å²) in [5, 5.41) is 25.2. The Morgan fingerprint density at radius 3 is 2.74 bits per heavy atom. The number of hydrogen-bond acceptors (Lipinski definition) is 4. The van der Waals surface area contributed by atoms with Gasteiger partial charge in [0.05, 0.1) is 11.8 Å². The molecule has 27 heavy (non-hydrogen) atoms. The third-order valence-corrected chi connectivity index (χ3v) is 4.18. The van der Waals surface area contributed by atoms with Gasteiger partial charge in [0.1, 0.15) is 12.4 Å². The van der Waals surface area contributed by atoms with Crippen LogP contribution in [0.15, 0.2) is 36.2 Å². The molecule has 5 nitrogen and oxygen atoms in total. The zero-order valence-electron chi connectivity index (χ0n) is 14.8. The lowest BCUT2D eigenvalue weighted by molar-refractivity contribution is 0.122. The number of aromatic nitrogens is 2. The molecule has 0 aliphatic rings. The van der Waals surface area contributed by atoms with E-state index < -0.39 is 24.9 Å². The SMILES string of the molecule is CN/C=C(/Cc1cn(CC(F)F)nc1Cl)C(=N)c1ccc(F)cc1[C@@H](C)O. The fourth-order valence-corrected chi connectivity index (χ4v) is 2.88. The van der Waals surface area contributed by atoms with Gasteiger partial charge in [-0.2, -0.15) is 5.10 Å². The predicted molar refractivity (Wildman–Crippen MR) is 98.0 cm³/mol. The topological polar surface area (TPSA) is 73.9 Å². The Morgan fingerprint density at radius 2 is 2.15 bits per heavy atom. The zero-order chi connectivity index (χ0) is 20.1. The molecule has 0 bridgehead atoms. The van der Waals surface area contributed by atoms with Crippen molar-refractivity contribution in [2.75, 3.05) is 7.05 Å². The molecular weight excluding hydrogens is 381 g/mol. The van der Waals surface area contributed by atoms with E-state index in [1.54, 1.807) is 13.2 Å². The molecule has 2 rings (SSSR count). The van der Waals surface area contributed by atoms with Crippen LogP contribution in [0.3, 0.4) is 0 Å². The molecule has 1 heterocycles. The number of hydrogen-bond donors (Lipinski definition) is 3. The molecule has 0 fully saturated rings. The molecule has 0 saturated carbocycles. The Balaban J connectivity index is 2.35. The third-order valence-electron chi connectivity index (χ3n) is 3.86. The van der Waals surface area contributed by atoms with Gasteiger partial charge in [-0.3, -0.25) is 10.1 Å². The molecule has 2 aromatic rings. The quantitative estimate of drug-likeness (QED) is 0.591. The first-order valence-corrected chi connectivity index (χ1v) is 8.53. The summed E-state index contributed by atoms with van der Waals surface area (Å²) in [4.78, 5) is 0. The lowest BCUT2D eigenvalue weighted by Gasteiger charge is -2.15. The predicted octanol–water partition coefficient (Wildman–Crippen LogP) is 3.71. The van der Waals surface area contributed by atoms with Crippen LogP contribution in [-0.2, 0) is 13.0 Å². The summed E-state index contributed by atoms with van der Waals surface area (Å²) in [7, 11) is 1.65. The van der Waals surface area contributed by atoms with Crippen LogP contribution >= 0.6 is 11.6 Å². The Morgan fingerprint density at radius 1 is 1.44 bits per heavy atom. The molecule has 0 aliphatic carbocycles. The standard InChI is InChI=1S/C18H20ClF3N4O/c1-10(27)15-6-13(20)3-4-14(15)17(23)11(7-24-2)5-12-8-26(9-16(21)22)25-18(12)19/h3-4,6-8,10,16,23-24,27H,5,9H2,1-2H3/b11-7-,23-17?/t10-/m1/s1. The third kappa shape index (κ3) is 5.33. The molecule has 3 N–H and O–H groups in total. The van der Waals surface area contributed by atoms with Crippen LogP contribution in [0.25, 0.3) is 0 Å². The molecule has 0 aliphatic heterocycles. The van der Waals surface area contributed by atoms with E-state index >= 15 is 0 Å². The van der Waals surface area contributed by atoms with Gasteiger partial charge >= 0.3 is 0 Å². The lowest BCUT2D eigenvalue weighted by Crippen LogP contribution is -2.13. The van der Waals surface area contributed by atoms with E-state index in [0.29, 0.717) is 16.7 Å². The van der Waals surface area contributed by atoms with Crippen LogP contribution in [0.2, 0.25) is 5.15 Å². The minimum Gasteiger partial charge on any atom is -0.394 e. The number of allylic oxidation sites excluding steroid dienone is 1. The van der Waals surface area contributed by atoms with E-state index in [0.717, 1.165) is 4.68 Å². The van der Waals surface area contributed by atoms with Gasteiger partial charge in [-0.1, -0.05) is 11.6 Å². The van der Waals surface area contributed by atoms with Crippen molar-refractivity contribution in [1.82, 2.24) is 15.1 Å². The fraction of sp³-hybridized carbons (Fsp3) is 0.333. The largest absolute Gasteiger partial charge is 0.394 e. The normalized spacial score (nSPS) is 13.1. The van der Waals surface area contributed by atoms with Crippen LogP contribution in [0.5, 0.6) is 0 Å². The van der Waals surface area contributed by atoms with E-state index in [2.05, 4.69) is 10.4 Å². The highest BCUT2D eigenvalue weighted by molar-refractivity contribution is 6.30. The van der Waals surface area contributed by atoms with Gasteiger partial charge in [0.15, 0.2) is 5.15 Å². The number of rotatable bonds is 8. The number of alkyl halides is 2. The summed E-state index contributed by atoms with van der Waals surface area (Å²) in [5.74, 6) is -0.516. The maximum absolute atomic E-state index is 13.5. The second-order valence-corrected chi connectivity index (χ2v) is 6.33. The molecule has 9 heteroatoms. The average molecular weight is 401 g/mol. The molecule has 0 unspecified atom stereocenters. The van der Waals surface area contributed by atoms with Gasteiger partial charge in [-0.15, -0.1) is 0 Å². The molecule has 1 aromatic heterocycles. The van der Waals surface area contributed by atoms with E-state index in [-0.39, 0.29) is 22.8 Å². The van der Waals surface area contributed by atoms with Gasteiger partial charge < -0.3 is 10.4 Å². The van der Waals surface area contributed by atoms with E-state index in [4.69, 9.17) is 17.0 Å². The number of aliphatic hydroxyl groups excluding tert-OH is 1. The summed E-state index contributed by atoms with van der Waals surface area (Å²) in [6.07, 6.45) is -0.404. The molecule has 1 aromatic carbocycles. The smallest absolute Gasteiger partial charge is 0.257 e. The van der Waals surface area contributed by atoms with Crippen molar-refractivity contribution >= 4 is 17.3 Å². The van der Waals surface area contributed by atoms with Crippen molar-refractivity contribution in [3.8, 4) is 0 Å². The van der Waals surface area contributed by atoms with Crippen LogP contribution < -0.4 is 5.32 Å². The van der Waals surface area contributed by atoms with Gasteiger partial charge in [-0.05, 0) is 36.3 Å². The second-order valence-electron chi connectivity index (χ2n) is 5.98. The summed E-state index contributed by atoms with van der Waals surface area (Å²) in [5.41, 5.74) is 1.65. The second kappa shape index (κ2) is 9.05. The van der Waals surface area contributed by atoms with Crippen LogP contribution in [0.1, 0.15) is 29.7 Å². The summed E-state index contributed by atoms with van der Waals surface area (Å²) in [6, 6.07) is 3.81. The maximum Gasteiger partial charge on any atom is 0.257 e. The van der Waals surface area contributed by atoms with Gasteiger partial charge in [0.25, 0.3) is 6.43 Å². The van der Waals surface area contributed by atoms with E-state index in [1.807, 2.05) is 0 Å². The first-order chi connectivity index (χ1) is 12.7. The highest BCUT2D eigenvalue weighted by atomic mass is 35.5. The number of aliphatic hydroxyl groups is 1. The van der Waals surface area contributed by atoms with Gasteiger partial charge in [0, 0.05) is 37.0 Å². The lowest BCUT2D eigenvalue weighted by atomic mass is 9.93. The Kier molecular flexibility index (Phi) is 7.04. The van der Waals surface area contributed by atoms with Crippen molar-refractivity contribution in [2.45, 2.75) is 32.4 Å². The van der Waals surface area contributed by atoms with Crippen molar-refractivity contribution < 1.29 is 18.3 Å². The highest BCUT2D eigenvalue weighted by Gasteiger charge is 2.19. The van der Waals surface area contributed by atoms with Crippen molar-refractivity contribution in [1.29, 1.82) is 5.41 Å². The van der Waals surface area contributed by atoms with Gasteiger partial charge in [0.2, 0.25) is 0 Å². The Labute approximate surface area is 160 Å². The molecule has 0 radical (unpaired) electrons. The van der Waals surface area contributed by atoms with Crippen LogP contribution in [0, 0.1) is 11.2 Å². The fourth-order valence-electron chi connectivity index (χ4n) is 2.66. The van der Waals surface area contributed by atoms with Crippen LogP contribution in [-0.4, -0.2) is 34.1 Å². The summed E-state index contributed by atoms with van der Waals surface area (Å²) >= 11 is 6.04. The molecule has 0 amide bonds. The van der Waals surface area contributed by atoms with Gasteiger partial charge in [-0.25, -0.2) is 13.2 Å². The number of benzene rings is 1. The number of nitrogens with one attached hydrogen (secondary N) is 2. The molecular formula is C18H20ClF3N4O. The summed E-state index contributed by atoms with van der Waals surface area (Å²) in [6.45, 7) is 0.907. The molecule has 0 spiro atoms.